The number of anilines is 1. The van der Waals surface area contributed by atoms with E-state index in [9.17, 15) is 18.0 Å². The van der Waals surface area contributed by atoms with Gasteiger partial charge in [-0.05, 0) is 63.3 Å². The van der Waals surface area contributed by atoms with Crippen LogP contribution in [0.5, 0.6) is 11.8 Å². The van der Waals surface area contributed by atoms with E-state index in [1.54, 1.807) is 54.8 Å². The molecule has 0 radical (unpaired) electrons. The van der Waals surface area contributed by atoms with Crippen LogP contribution in [0.25, 0.3) is 32.8 Å². The van der Waals surface area contributed by atoms with Crippen molar-refractivity contribution in [3.05, 3.63) is 120 Å². The molecule has 0 N–H and O–H groups in total. The Morgan fingerprint density at radius 1 is 0.823 bits per heavy atom. The molecule has 2 atom stereocenters. The molecule has 6 aromatic rings. The maximum Gasteiger partial charge on any atom is 0.422 e. The zero-order valence-corrected chi connectivity index (χ0v) is 34.1. The van der Waals surface area contributed by atoms with Gasteiger partial charge in [0.1, 0.15) is 22.7 Å². The van der Waals surface area contributed by atoms with Crippen LogP contribution in [0.15, 0.2) is 96.0 Å². The Morgan fingerprint density at radius 3 is 2.06 bits per heavy atom. The molecule has 1 aromatic heterocycles. The van der Waals surface area contributed by atoms with Crippen molar-refractivity contribution < 1.29 is 50.1 Å². The second-order valence-electron chi connectivity index (χ2n) is 16.1. The molecule has 2 saturated heterocycles. The topological polar surface area (TPSA) is 98.6 Å². The minimum Gasteiger partial charge on any atom is -0.468 e. The number of hydrogen-bond acceptors (Lipinski definition) is 9. The average molecular weight is 858 g/mol. The molecule has 8 rings (SSSR count). The van der Waals surface area contributed by atoms with Crippen molar-refractivity contribution in [2.75, 3.05) is 38.5 Å². The SMILES string of the molecule is COCOc1cc(-c2c(N=C(c3ccccc3)c3ccccc3)cc3c(N4C[C@H]5CC[C@@H](C4)N5C(=O)OC(C)(C)C)nc(OCC(F)(F)F)nc3c2F)c2c(F)c(F)ccc2c1. The average Bonchev–Trinajstić information content (AvgIpc) is 3.51. The summed E-state index contributed by atoms with van der Waals surface area (Å²) in [6.07, 6.45) is -4.10. The maximum atomic E-state index is 18.1. The third kappa shape index (κ3) is 8.69. The van der Waals surface area contributed by atoms with Gasteiger partial charge in [-0.3, -0.25) is 4.90 Å². The summed E-state index contributed by atoms with van der Waals surface area (Å²) in [7, 11) is 1.39. The highest BCUT2D eigenvalue weighted by Gasteiger charge is 2.45. The van der Waals surface area contributed by atoms with Crippen molar-refractivity contribution in [1.29, 1.82) is 0 Å². The van der Waals surface area contributed by atoms with E-state index in [1.807, 2.05) is 36.4 Å². The van der Waals surface area contributed by atoms with Gasteiger partial charge in [-0.1, -0.05) is 66.7 Å². The summed E-state index contributed by atoms with van der Waals surface area (Å²) in [6.45, 7) is 3.59. The Kier molecular flexibility index (Phi) is 11.5. The molecule has 322 valence electrons. The molecule has 0 unspecified atom stereocenters. The molecule has 1 amide bonds. The minimum atomic E-state index is -4.80. The number of aromatic nitrogens is 2. The second-order valence-corrected chi connectivity index (χ2v) is 16.1. The van der Waals surface area contributed by atoms with Crippen LogP contribution in [0, 0.1) is 17.5 Å². The van der Waals surface area contributed by atoms with Crippen LogP contribution in [0.3, 0.4) is 0 Å². The van der Waals surface area contributed by atoms with Crippen LogP contribution in [-0.2, 0) is 9.47 Å². The molecule has 2 fully saturated rings. The zero-order chi connectivity index (χ0) is 43.9. The molecule has 3 heterocycles. The molecule has 2 aliphatic rings. The number of piperazine rings is 1. The number of amides is 1. The van der Waals surface area contributed by atoms with Crippen molar-refractivity contribution in [3.63, 3.8) is 0 Å². The van der Waals surface area contributed by atoms with E-state index in [2.05, 4.69) is 9.97 Å². The third-order valence-electron chi connectivity index (χ3n) is 10.5. The van der Waals surface area contributed by atoms with Crippen molar-refractivity contribution in [2.24, 2.45) is 4.99 Å². The van der Waals surface area contributed by atoms with Gasteiger partial charge < -0.3 is 23.8 Å². The van der Waals surface area contributed by atoms with E-state index < -0.39 is 53.5 Å². The molecule has 5 aromatic carbocycles. The number of rotatable bonds is 10. The Hall–Kier alpha value is -6.42. The molecule has 62 heavy (non-hydrogen) atoms. The van der Waals surface area contributed by atoms with Crippen molar-refractivity contribution in [2.45, 2.75) is 57.5 Å². The lowest BCUT2D eigenvalue weighted by Gasteiger charge is -2.42. The molecule has 0 spiro atoms. The highest BCUT2D eigenvalue weighted by Crippen LogP contribution is 2.46. The summed E-state index contributed by atoms with van der Waals surface area (Å²) in [5.41, 5.74) is -0.218. The zero-order valence-electron chi connectivity index (χ0n) is 34.1. The van der Waals surface area contributed by atoms with E-state index in [1.165, 1.54) is 31.4 Å². The van der Waals surface area contributed by atoms with E-state index in [4.69, 9.17) is 23.9 Å². The maximum absolute atomic E-state index is 18.1. The Bertz CT molecular complexity index is 2620. The summed E-state index contributed by atoms with van der Waals surface area (Å²) < 4.78 is 112. The Balaban J connectivity index is 1.42. The van der Waals surface area contributed by atoms with Crippen LogP contribution >= 0.6 is 0 Å². The number of carbonyl (C=O) groups is 1. The van der Waals surface area contributed by atoms with Crippen LogP contribution in [0.1, 0.15) is 44.7 Å². The molecular weight excluding hydrogens is 817 g/mol. The van der Waals surface area contributed by atoms with E-state index >= 15 is 13.2 Å². The van der Waals surface area contributed by atoms with Gasteiger partial charge in [0.05, 0.1) is 23.5 Å². The first-order chi connectivity index (χ1) is 29.6. The highest BCUT2D eigenvalue weighted by molar-refractivity contribution is 6.15. The molecule has 0 aliphatic carbocycles. The number of alkyl halides is 3. The number of halogens is 6. The number of ether oxygens (including phenoxy) is 4. The smallest absolute Gasteiger partial charge is 0.422 e. The van der Waals surface area contributed by atoms with Crippen molar-refractivity contribution in [1.82, 2.24) is 14.9 Å². The summed E-state index contributed by atoms with van der Waals surface area (Å²) in [4.78, 5) is 30.6. The predicted molar refractivity (Wildman–Crippen MR) is 222 cm³/mol. The summed E-state index contributed by atoms with van der Waals surface area (Å²) in [6, 6.07) is 23.0. The second kappa shape index (κ2) is 16.8. The Morgan fingerprint density at radius 2 is 1.47 bits per heavy atom. The monoisotopic (exact) mass is 857 g/mol. The van der Waals surface area contributed by atoms with Gasteiger partial charge in [-0.2, -0.15) is 23.1 Å². The first-order valence-corrected chi connectivity index (χ1v) is 19.8. The standard InChI is InChI=1S/C46H41F6N5O5/c1-45(2,3)62-44(58)57-29-16-17-30(57)23-56(22-29)42-33-21-35(53-40(26-11-7-5-8-12-26)27-13-9-6-10-14-27)37(39(49)41(33)54-43(55-42)60-24-46(50,51)52)32-20-31(61-25-59-4)19-28-15-18-34(47)38(48)36(28)32/h5-15,18-21,29-30H,16-17,22-25H2,1-4H3/t29-,30+. The first kappa shape index (κ1) is 42.3. The van der Waals surface area contributed by atoms with Gasteiger partial charge in [-0.25, -0.2) is 23.0 Å². The van der Waals surface area contributed by atoms with Crippen LogP contribution in [0.2, 0.25) is 0 Å². The van der Waals surface area contributed by atoms with Gasteiger partial charge in [0, 0.05) is 53.2 Å². The van der Waals surface area contributed by atoms with Crippen molar-refractivity contribution >= 4 is 45.0 Å². The molecule has 10 nitrogen and oxygen atoms in total. The van der Waals surface area contributed by atoms with Gasteiger partial charge in [0.25, 0.3) is 0 Å². The molecule has 2 bridgehead atoms. The molecule has 0 saturated carbocycles. The van der Waals surface area contributed by atoms with E-state index in [-0.39, 0.29) is 76.5 Å². The van der Waals surface area contributed by atoms with Crippen LogP contribution < -0.4 is 14.4 Å². The normalized spacial score (nSPS) is 16.5. The fourth-order valence-corrected chi connectivity index (χ4v) is 8.05. The van der Waals surface area contributed by atoms with Gasteiger partial charge in [0.2, 0.25) is 0 Å². The third-order valence-corrected chi connectivity index (χ3v) is 10.5. The number of aliphatic imine (C=N–C) groups is 1. The van der Waals surface area contributed by atoms with Gasteiger partial charge in [-0.15, -0.1) is 0 Å². The van der Waals surface area contributed by atoms with Crippen molar-refractivity contribution in [3.8, 4) is 22.9 Å². The number of nitrogens with zero attached hydrogens (tertiary/aromatic N) is 5. The Labute approximate surface area is 352 Å². The summed E-state index contributed by atoms with van der Waals surface area (Å²) in [5, 5.41) is -0.134. The molecular formula is C46H41F6N5O5. The fraction of sp³-hybridized carbons (Fsp3) is 0.304. The fourth-order valence-electron chi connectivity index (χ4n) is 8.05. The van der Waals surface area contributed by atoms with E-state index in [0.29, 0.717) is 29.7 Å². The quantitative estimate of drug-likeness (QED) is 0.0763. The largest absolute Gasteiger partial charge is 0.468 e. The number of fused-ring (bicyclic) bond motifs is 4. The van der Waals surface area contributed by atoms with Crippen LogP contribution in [0.4, 0.5) is 42.6 Å². The van der Waals surface area contributed by atoms with Gasteiger partial charge in [0.15, 0.2) is 30.9 Å². The minimum absolute atomic E-state index is 0.0232. The van der Waals surface area contributed by atoms with E-state index in [0.717, 1.165) is 6.07 Å². The lowest BCUT2D eigenvalue weighted by Crippen LogP contribution is -2.57. The highest BCUT2D eigenvalue weighted by atomic mass is 19.4. The number of hydrogen-bond donors (Lipinski definition) is 0. The lowest BCUT2D eigenvalue weighted by molar-refractivity contribution is -0.154. The lowest BCUT2D eigenvalue weighted by atomic mass is 9.93. The van der Waals surface area contributed by atoms with Gasteiger partial charge >= 0.3 is 18.3 Å². The number of benzene rings is 5. The molecule has 16 heteroatoms. The van der Waals surface area contributed by atoms with Crippen LogP contribution in [-0.4, -0.2) is 84.1 Å². The summed E-state index contributed by atoms with van der Waals surface area (Å²) >= 11 is 0. The molecule has 2 aliphatic heterocycles. The predicted octanol–water partition coefficient (Wildman–Crippen LogP) is 10.5. The number of carbonyl (C=O) groups excluding carboxylic acids is 1. The first-order valence-electron chi connectivity index (χ1n) is 19.8. The summed E-state index contributed by atoms with van der Waals surface area (Å²) in [5.74, 6) is -3.50. The number of methoxy groups -OCH3 is 1.